The number of allylic oxidation sites excluding steroid dienone is 2. The van der Waals surface area contributed by atoms with Crippen molar-refractivity contribution in [2.75, 3.05) is 6.54 Å². The Labute approximate surface area is 184 Å². The van der Waals surface area contributed by atoms with Crippen LogP contribution < -0.4 is 11.5 Å². The monoisotopic (exact) mass is 427 g/mol. The van der Waals surface area contributed by atoms with E-state index in [1.54, 1.807) is 60.7 Å². The number of hydrogen-bond acceptors (Lipinski definition) is 3. The molecule has 6 N–H and O–H groups in total. The second-order valence-corrected chi connectivity index (χ2v) is 6.82. The minimum atomic E-state index is -0.879. The van der Waals surface area contributed by atoms with E-state index in [0.717, 1.165) is 25.8 Å². The van der Waals surface area contributed by atoms with Gasteiger partial charge in [-0.1, -0.05) is 62.4 Å². The van der Waals surface area contributed by atoms with Gasteiger partial charge in [-0.2, -0.15) is 0 Å². The number of aromatic carboxylic acids is 2. The Morgan fingerprint density at radius 2 is 1.32 bits per heavy atom. The first-order chi connectivity index (χ1) is 14.7. The summed E-state index contributed by atoms with van der Waals surface area (Å²) in [4.78, 5) is 24.3. The van der Waals surface area contributed by atoms with E-state index in [1.807, 2.05) is 0 Å². The summed E-state index contributed by atoms with van der Waals surface area (Å²) >= 11 is 0. The highest BCUT2D eigenvalue weighted by molar-refractivity contribution is 5.87. The summed E-state index contributed by atoms with van der Waals surface area (Å²) in [6.07, 6.45) is 7.78. The van der Waals surface area contributed by atoms with Crippen molar-refractivity contribution < 1.29 is 19.8 Å². The van der Waals surface area contributed by atoms with Gasteiger partial charge >= 0.3 is 11.9 Å². The van der Waals surface area contributed by atoms with E-state index in [2.05, 4.69) is 31.0 Å². The average molecular weight is 428 g/mol. The van der Waals surface area contributed by atoms with Gasteiger partial charge in [0.1, 0.15) is 0 Å². The second kappa shape index (κ2) is 17.3. The van der Waals surface area contributed by atoms with Crippen LogP contribution in [0.3, 0.4) is 0 Å². The zero-order valence-corrected chi connectivity index (χ0v) is 18.1. The zero-order chi connectivity index (χ0) is 23.5. The van der Waals surface area contributed by atoms with Gasteiger partial charge in [-0.15, -0.1) is 0 Å². The molecule has 2 aromatic carbocycles. The lowest BCUT2D eigenvalue weighted by Gasteiger charge is -1.95. The number of carbonyl (C=O) groups is 2. The number of guanidine groups is 1. The molecule has 0 radical (unpaired) electrons. The van der Waals surface area contributed by atoms with Gasteiger partial charge in [0.25, 0.3) is 0 Å². The molecule has 0 amide bonds. The van der Waals surface area contributed by atoms with E-state index >= 15 is 0 Å². The summed E-state index contributed by atoms with van der Waals surface area (Å²) < 4.78 is 0. The van der Waals surface area contributed by atoms with Crippen LogP contribution in [0.5, 0.6) is 0 Å². The summed E-state index contributed by atoms with van der Waals surface area (Å²) in [7, 11) is 0. The van der Waals surface area contributed by atoms with Crippen LogP contribution in [0.15, 0.2) is 77.8 Å². The fraction of sp³-hybridized carbons (Fsp3) is 0.292. The van der Waals surface area contributed by atoms with E-state index in [9.17, 15) is 9.59 Å². The van der Waals surface area contributed by atoms with E-state index in [-0.39, 0.29) is 5.96 Å². The van der Waals surface area contributed by atoms with E-state index in [1.165, 1.54) is 0 Å². The second-order valence-electron chi connectivity index (χ2n) is 6.82. The van der Waals surface area contributed by atoms with Gasteiger partial charge in [0, 0.05) is 6.54 Å². The number of rotatable bonds is 8. The van der Waals surface area contributed by atoms with Crippen LogP contribution in [0.4, 0.5) is 0 Å². The van der Waals surface area contributed by atoms with Crippen molar-refractivity contribution in [3.05, 3.63) is 83.9 Å². The Balaban J connectivity index is 0.000000445. The molecule has 0 bridgehead atoms. The Morgan fingerprint density at radius 1 is 0.871 bits per heavy atom. The summed E-state index contributed by atoms with van der Waals surface area (Å²) in [5.41, 5.74) is 11.0. The van der Waals surface area contributed by atoms with Crippen molar-refractivity contribution in [1.29, 1.82) is 0 Å². The maximum Gasteiger partial charge on any atom is 0.335 e. The van der Waals surface area contributed by atoms with Crippen LogP contribution in [0.1, 0.15) is 53.8 Å². The lowest BCUT2D eigenvalue weighted by atomic mass is 10.1. The molecule has 0 aliphatic heterocycles. The van der Waals surface area contributed by atoms with Crippen molar-refractivity contribution in [2.45, 2.75) is 33.1 Å². The highest BCUT2D eigenvalue weighted by Gasteiger charge is 1.97. The number of carboxylic acids is 2. The summed E-state index contributed by atoms with van der Waals surface area (Å²) in [6, 6.07) is 16.6. The molecule has 2 rings (SSSR count). The lowest BCUT2D eigenvalue weighted by molar-refractivity contribution is 0.0686. The third-order valence-electron chi connectivity index (χ3n) is 3.64. The molecule has 0 fully saturated rings. The van der Waals surface area contributed by atoms with Gasteiger partial charge < -0.3 is 21.7 Å². The molecule has 0 spiro atoms. The van der Waals surface area contributed by atoms with Crippen LogP contribution >= 0.6 is 0 Å². The van der Waals surface area contributed by atoms with Gasteiger partial charge in [0.15, 0.2) is 5.96 Å². The van der Waals surface area contributed by atoms with Gasteiger partial charge in [-0.05, 0) is 49.4 Å². The molecule has 168 valence electrons. The van der Waals surface area contributed by atoms with Gasteiger partial charge in [0.05, 0.1) is 11.1 Å². The third-order valence-corrected chi connectivity index (χ3v) is 3.64. The first kappa shape index (κ1) is 27.4. The number of unbranched alkanes of at least 4 members (excludes halogenated alkanes) is 2. The average Bonchev–Trinajstić information content (AvgIpc) is 2.75. The molecule has 0 aliphatic rings. The van der Waals surface area contributed by atoms with Crippen molar-refractivity contribution in [1.82, 2.24) is 0 Å². The van der Waals surface area contributed by atoms with E-state index in [0.29, 0.717) is 17.0 Å². The number of carboxylic acid groups (broad SMARTS) is 2. The fourth-order valence-electron chi connectivity index (χ4n) is 2.11. The normalized spacial score (nSPS) is 9.77. The van der Waals surface area contributed by atoms with Crippen LogP contribution in [-0.2, 0) is 0 Å². The number of benzene rings is 2. The quantitative estimate of drug-likeness (QED) is 0.213. The predicted molar refractivity (Wildman–Crippen MR) is 125 cm³/mol. The van der Waals surface area contributed by atoms with Crippen molar-refractivity contribution in [3.8, 4) is 0 Å². The number of nitrogens with two attached hydrogens (primary N) is 2. The SMILES string of the molecule is CC(C)/C=C/CCCCN=C(N)N.O=C(O)c1ccccc1.O=C(O)c1ccccc1. The van der Waals surface area contributed by atoms with Gasteiger partial charge in [0.2, 0.25) is 0 Å². The Kier molecular flexibility index (Phi) is 15.3. The first-order valence-corrected chi connectivity index (χ1v) is 10.0. The Bertz CT molecular complexity index is 751. The van der Waals surface area contributed by atoms with Crippen molar-refractivity contribution in [3.63, 3.8) is 0 Å². The fourth-order valence-corrected chi connectivity index (χ4v) is 2.11. The number of nitrogens with zero attached hydrogens (tertiary/aromatic N) is 1. The standard InChI is InChI=1S/C10H21N3.2C7H6O2/c1-9(2)7-5-3-4-6-8-13-10(11)12;2*8-7(9)6-4-2-1-3-5-6/h5,7,9H,3-4,6,8H2,1-2H3,(H4,11,12,13);2*1-5H,(H,8,9)/b7-5+;;. The van der Waals surface area contributed by atoms with Crippen LogP contribution in [0.25, 0.3) is 0 Å². The highest BCUT2D eigenvalue weighted by atomic mass is 16.4. The molecule has 7 heteroatoms. The minimum Gasteiger partial charge on any atom is -0.478 e. The van der Waals surface area contributed by atoms with Gasteiger partial charge in [-0.25, -0.2) is 9.59 Å². The number of aliphatic imine (C=N–C) groups is 1. The van der Waals surface area contributed by atoms with Crippen LogP contribution in [0.2, 0.25) is 0 Å². The maximum absolute atomic E-state index is 10.2. The van der Waals surface area contributed by atoms with E-state index in [4.69, 9.17) is 21.7 Å². The minimum absolute atomic E-state index is 0.192. The molecule has 2 aromatic rings. The molecule has 0 heterocycles. The molecule has 7 nitrogen and oxygen atoms in total. The summed E-state index contributed by atoms with van der Waals surface area (Å²) in [5.74, 6) is -0.915. The largest absolute Gasteiger partial charge is 0.478 e. The van der Waals surface area contributed by atoms with Gasteiger partial charge in [-0.3, -0.25) is 4.99 Å². The summed E-state index contributed by atoms with van der Waals surface area (Å²) in [5, 5.41) is 16.8. The molecular weight excluding hydrogens is 394 g/mol. The predicted octanol–water partition coefficient (Wildman–Crippen LogP) is 4.41. The lowest BCUT2D eigenvalue weighted by Crippen LogP contribution is -2.22. The highest BCUT2D eigenvalue weighted by Crippen LogP contribution is 2.00. The zero-order valence-electron chi connectivity index (χ0n) is 18.1. The molecule has 0 saturated heterocycles. The van der Waals surface area contributed by atoms with E-state index < -0.39 is 11.9 Å². The molecule has 0 unspecified atom stereocenters. The molecule has 31 heavy (non-hydrogen) atoms. The third kappa shape index (κ3) is 17.0. The number of hydrogen-bond donors (Lipinski definition) is 4. The Hall–Kier alpha value is -3.61. The first-order valence-electron chi connectivity index (χ1n) is 10.0. The molecule has 0 saturated carbocycles. The van der Waals surface area contributed by atoms with Crippen LogP contribution in [-0.4, -0.2) is 34.7 Å². The molecule has 0 aliphatic carbocycles. The van der Waals surface area contributed by atoms with Crippen molar-refractivity contribution >= 4 is 17.9 Å². The summed E-state index contributed by atoms with van der Waals surface area (Å²) in [6.45, 7) is 5.10. The smallest absolute Gasteiger partial charge is 0.335 e. The van der Waals surface area contributed by atoms with Crippen LogP contribution in [0, 0.1) is 5.92 Å². The Morgan fingerprint density at radius 3 is 1.65 bits per heavy atom. The molecular formula is C24H33N3O4. The molecule has 0 atom stereocenters. The topological polar surface area (TPSA) is 139 Å². The van der Waals surface area contributed by atoms with Crippen molar-refractivity contribution in [2.24, 2.45) is 22.4 Å². The maximum atomic E-state index is 10.2. The molecule has 0 aromatic heterocycles.